The van der Waals surface area contributed by atoms with Crippen molar-refractivity contribution in [3.8, 4) is 0 Å². The monoisotopic (exact) mass is 239 g/mol. The maximum absolute atomic E-state index is 6.28. The Morgan fingerprint density at radius 1 is 1.40 bits per heavy atom. The highest BCUT2D eigenvalue weighted by atomic mass is 35.5. The minimum absolute atomic E-state index is 0.169. The first-order valence-corrected chi connectivity index (χ1v) is 6.45. The molecule has 0 radical (unpaired) electrons. The normalized spacial score (nSPS) is 13.6. The molecule has 0 saturated carbocycles. The maximum Gasteiger partial charge on any atom is 0.0505 e. The van der Waals surface area contributed by atoms with Crippen molar-refractivity contribution >= 4 is 33.0 Å². The molecule has 0 aromatic carbocycles. The number of thiophene rings is 1. The van der Waals surface area contributed by atoms with E-state index in [9.17, 15) is 0 Å². The van der Waals surface area contributed by atoms with Crippen molar-refractivity contribution in [2.75, 3.05) is 0 Å². The molecule has 3 heteroatoms. The van der Waals surface area contributed by atoms with Crippen molar-refractivity contribution in [2.24, 2.45) is 5.92 Å². The van der Waals surface area contributed by atoms with Gasteiger partial charge >= 0.3 is 0 Å². The molecule has 2 rings (SSSR count). The number of pyridine rings is 1. The van der Waals surface area contributed by atoms with E-state index in [0.717, 1.165) is 12.1 Å². The first-order valence-electron chi connectivity index (χ1n) is 5.13. The number of aromatic nitrogens is 1. The van der Waals surface area contributed by atoms with Crippen LogP contribution in [0.3, 0.4) is 0 Å². The molecule has 2 heterocycles. The second-order valence-electron chi connectivity index (χ2n) is 4.05. The van der Waals surface area contributed by atoms with Crippen LogP contribution in [0.15, 0.2) is 23.7 Å². The summed E-state index contributed by atoms with van der Waals surface area (Å²) in [5.41, 5.74) is 1.13. The summed E-state index contributed by atoms with van der Waals surface area (Å²) >= 11 is 8.03. The Kier molecular flexibility index (Phi) is 3.27. The summed E-state index contributed by atoms with van der Waals surface area (Å²) in [6, 6.07) is 4.19. The Morgan fingerprint density at radius 3 is 2.93 bits per heavy atom. The molecule has 2 aromatic heterocycles. The summed E-state index contributed by atoms with van der Waals surface area (Å²) < 4.78 is 1.30. The molecular formula is C12H14ClNS. The van der Waals surface area contributed by atoms with Crippen molar-refractivity contribution in [3.63, 3.8) is 0 Å². The molecule has 1 atom stereocenters. The lowest BCUT2D eigenvalue weighted by molar-refractivity contribution is 0.592. The van der Waals surface area contributed by atoms with Crippen LogP contribution in [0.1, 0.15) is 19.5 Å². The average molecular weight is 240 g/mol. The van der Waals surface area contributed by atoms with E-state index in [0.29, 0.717) is 5.92 Å². The number of nitrogens with zero attached hydrogens (tertiary/aromatic N) is 1. The Labute approximate surface area is 99.1 Å². The molecule has 80 valence electrons. The van der Waals surface area contributed by atoms with E-state index in [1.165, 1.54) is 10.1 Å². The second-order valence-corrected chi connectivity index (χ2v) is 5.56. The zero-order valence-corrected chi connectivity index (χ0v) is 10.5. The first-order chi connectivity index (χ1) is 7.18. The molecule has 0 aliphatic rings. The fourth-order valence-electron chi connectivity index (χ4n) is 1.54. The lowest BCUT2D eigenvalue weighted by atomic mass is 10.0. The topological polar surface area (TPSA) is 12.9 Å². The average Bonchev–Trinajstić information content (AvgIpc) is 2.66. The minimum Gasteiger partial charge on any atom is -0.261 e. The first kappa shape index (κ1) is 10.9. The van der Waals surface area contributed by atoms with Crippen LogP contribution < -0.4 is 0 Å². The lowest BCUT2D eigenvalue weighted by Gasteiger charge is -2.12. The van der Waals surface area contributed by atoms with Crippen molar-refractivity contribution in [3.05, 3.63) is 29.4 Å². The summed E-state index contributed by atoms with van der Waals surface area (Å²) in [5.74, 6) is 0.488. The maximum atomic E-state index is 6.28. The van der Waals surface area contributed by atoms with Gasteiger partial charge in [-0.2, -0.15) is 0 Å². The van der Waals surface area contributed by atoms with Crippen LogP contribution in [-0.2, 0) is 6.42 Å². The van der Waals surface area contributed by atoms with Crippen LogP contribution in [0.5, 0.6) is 0 Å². The number of halogens is 1. The molecule has 0 aliphatic carbocycles. The van der Waals surface area contributed by atoms with Gasteiger partial charge in [0.05, 0.1) is 5.69 Å². The molecule has 15 heavy (non-hydrogen) atoms. The van der Waals surface area contributed by atoms with E-state index in [2.05, 4.69) is 36.3 Å². The van der Waals surface area contributed by atoms with Crippen LogP contribution in [0.2, 0.25) is 0 Å². The third-order valence-electron chi connectivity index (χ3n) is 2.57. The van der Waals surface area contributed by atoms with Crippen LogP contribution in [0.4, 0.5) is 0 Å². The quantitative estimate of drug-likeness (QED) is 0.735. The molecule has 1 unspecified atom stereocenters. The standard InChI is InChI=1S/C12H14ClNS/c1-8(2)10(13)7-11-9-4-6-15-12(9)3-5-14-11/h3-6,8,10H,7H2,1-2H3. The molecule has 0 bridgehead atoms. The predicted octanol–water partition coefficient (Wildman–Crippen LogP) is 4.10. The predicted molar refractivity (Wildman–Crippen MR) is 67.8 cm³/mol. The van der Waals surface area contributed by atoms with Crippen LogP contribution in [0.25, 0.3) is 10.1 Å². The highest BCUT2D eigenvalue weighted by Gasteiger charge is 2.13. The van der Waals surface area contributed by atoms with Gasteiger partial charge in [0.1, 0.15) is 0 Å². The molecular weight excluding hydrogens is 226 g/mol. The molecule has 2 aromatic rings. The fraction of sp³-hybridized carbons (Fsp3) is 0.417. The largest absolute Gasteiger partial charge is 0.261 e. The van der Waals surface area contributed by atoms with E-state index in [1.54, 1.807) is 11.3 Å². The Bertz CT molecular complexity index is 450. The Morgan fingerprint density at radius 2 is 2.20 bits per heavy atom. The number of alkyl halides is 1. The summed E-state index contributed by atoms with van der Waals surface area (Å²) in [7, 11) is 0. The SMILES string of the molecule is CC(C)C(Cl)Cc1nccc2sccc12. The minimum atomic E-state index is 0.169. The van der Waals surface area contributed by atoms with Gasteiger partial charge in [-0.1, -0.05) is 13.8 Å². The molecule has 0 amide bonds. The molecule has 0 fully saturated rings. The summed E-state index contributed by atoms with van der Waals surface area (Å²) in [6.45, 7) is 4.29. The van der Waals surface area contributed by atoms with Gasteiger partial charge < -0.3 is 0 Å². The molecule has 0 N–H and O–H groups in total. The van der Waals surface area contributed by atoms with Crippen molar-refractivity contribution in [2.45, 2.75) is 25.6 Å². The number of fused-ring (bicyclic) bond motifs is 1. The van der Waals surface area contributed by atoms with E-state index >= 15 is 0 Å². The molecule has 0 spiro atoms. The van der Waals surface area contributed by atoms with Gasteiger partial charge in [0.2, 0.25) is 0 Å². The van der Waals surface area contributed by atoms with E-state index in [1.807, 2.05) is 6.20 Å². The highest BCUT2D eigenvalue weighted by molar-refractivity contribution is 7.17. The summed E-state index contributed by atoms with van der Waals surface area (Å²) in [5, 5.41) is 3.53. The number of rotatable bonds is 3. The smallest absolute Gasteiger partial charge is 0.0505 e. The third kappa shape index (κ3) is 2.32. The van der Waals surface area contributed by atoms with E-state index < -0.39 is 0 Å². The number of hydrogen-bond acceptors (Lipinski definition) is 2. The molecule has 1 nitrogen and oxygen atoms in total. The van der Waals surface area contributed by atoms with E-state index in [-0.39, 0.29) is 5.38 Å². The van der Waals surface area contributed by atoms with Gasteiger partial charge in [-0.25, -0.2) is 0 Å². The van der Waals surface area contributed by atoms with Gasteiger partial charge in [0.25, 0.3) is 0 Å². The van der Waals surface area contributed by atoms with Gasteiger partial charge in [0.15, 0.2) is 0 Å². The zero-order valence-electron chi connectivity index (χ0n) is 8.90. The van der Waals surface area contributed by atoms with Crippen molar-refractivity contribution < 1.29 is 0 Å². The lowest BCUT2D eigenvalue weighted by Crippen LogP contribution is -2.12. The summed E-state index contributed by atoms with van der Waals surface area (Å²) in [4.78, 5) is 4.42. The van der Waals surface area contributed by atoms with Crippen molar-refractivity contribution in [1.82, 2.24) is 4.98 Å². The highest BCUT2D eigenvalue weighted by Crippen LogP contribution is 2.25. The third-order valence-corrected chi connectivity index (χ3v) is 4.11. The zero-order chi connectivity index (χ0) is 10.8. The van der Waals surface area contributed by atoms with Crippen LogP contribution in [0, 0.1) is 5.92 Å². The van der Waals surface area contributed by atoms with Crippen LogP contribution in [-0.4, -0.2) is 10.4 Å². The van der Waals surface area contributed by atoms with Crippen LogP contribution >= 0.6 is 22.9 Å². The number of hydrogen-bond donors (Lipinski definition) is 0. The Balaban J connectivity index is 2.31. The van der Waals surface area contributed by atoms with Gasteiger partial charge in [-0.15, -0.1) is 22.9 Å². The van der Waals surface area contributed by atoms with E-state index in [4.69, 9.17) is 11.6 Å². The molecule has 0 aliphatic heterocycles. The van der Waals surface area contributed by atoms with Gasteiger partial charge in [-0.3, -0.25) is 4.98 Å². The van der Waals surface area contributed by atoms with Crippen molar-refractivity contribution in [1.29, 1.82) is 0 Å². The molecule has 0 saturated heterocycles. The van der Waals surface area contributed by atoms with Gasteiger partial charge in [-0.05, 0) is 23.4 Å². The van der Waals surface area contributed by atoms with Gasteiger partial charge in [0, 0.05) is 28.1 Å². The fourth-order valence-corrected chi connectivity index (χ4v) is 2.49. The Hall–Kier alpha value is -0.600. The summed E-state index contributed by atoms with van der Waals surface area (Å²) in [6.07, 6.45) is 2.73. The second kappa shape index (κ2) is 4.50.